The summed E-state index contributed by atoms with van der Waals surface area (Å²) in [7, 11) is 0. The molecule has 0 bridgehead atoms. The summed E-state index contributed by atoms with van der Waals surface area (Å²) in [4.78, 5) is 0. The Bertz CT molecular complexity index is 3520. The molecule has 2 nitrogen and oxygen atoms in total. The summed E-state index contributed by atoms with van der Waals surface area (Å²) >= 11 is 0. The van der Waals surface area contributed by atoms with Gasteiger partial charge >= 0.3 is 0 Å². The molecule has 2 unspecified atom stereocenters. The third-order valence-corrected chi connectivity index (χ3v) is 14.1. The van der Waals surface area contributed by atoms with E-state index in [1.807, 2.05) is 0 Å². The van der Waals surface area contributed by atoms with Crippen LogP contribution in [0.15, 0.2) is 206 Å². The van der Waals surface area contributed by atoms with Crippen LogP contribution in [0, 0.1) is 0 Å². The summed E-state index contributed by atoms with van der Waals surface area (Å²) < 4.78 is 4.95. The maximum atomic E-state index is 2.54. The van der Waals surface area contributed by atoms with E-state index in [2.05, 4.69) is 229 Å². The van der Waals surface area contributed by atoms with Gasteiger partial charge < -0.3 is 9.13 Å². The van der Waals surface area contributed by atoms with Crippen molar-refractivity contribution in [2.45, 2.75) is 25.7 Å². The fourth-order valence-corrected chi connectivity index (χ4v) is 10.7. The molecule has 12 aromatic rings. The number of para-hydroxylation sites is 2. The first kappa shape index (κ1) is 35.1. The van der Waals surface area contributed by atoms with Gasteiger partial charge in [0.2, 0.25) is 0 Å². The molecule has 2 aromatic heterocycles. The second-order valence-corrected chi connectivity index (χ2v) is 17.4. The van der Waals surface area contributed by atoms with Crippen LogP contribution in [-0.2, 0) is 0 Å². The Morgan fingerprint density at radius 1 is 0.290 bits per heavy atom. The highest BCUT2D eigenvalue weighted by atomic mass is 15.0. The Hall–Kier alpha value is -7.68. The quantitative estimate of drug-likeness (QED) is 0.168. The SMILES string of the molecule is CC1c2cc3c4cc(-c5ccc6ccccc6c5)ccc4n(-c4ccccc4)c3cc2-c2cc3c(cc2C1C)c1cc(-c2ccc4ccccc4c2)ccc1n3-c1ccccc1. The number of nitrogens with zero attached hydrogens (tertiary/aromatic N) is 2. The van der Waals surface area contributed by atoms with Crippen LogP contribution >= 0.6 is 0 Å². The number of hydrogen-bond donors (Lipinski definition) is 0. The largest absolute Gasteiger partial charge is 0.309 e. The van der Waals surface area contributed by atoms with Crippen molar-refractivity contribution in [3.8, 4) is 44.8 Å². The molecule has 0 radical (unpaired) electrons. The first-order valence-corrected chi connectivity index (χ1v) is 21.9. The highest BCUT2D eigenvalue weighted by Gasteiger charge is 2.31. The highest BCUT2D eigenvalue weighted by Crippen LogP contribution is 2.51. The van der Waals surface area contributed by atoms with Crippen LogP contribution in [0.2, 0.25) is 0 Å². The van der Waals surface area contributed by atoms with Gasteiger partial charge in [0, 0.05) is 32.9 Å². The molecule has 2 atom stereocenters. The molecule has 1 aliphatic rings. The topological polar surface area (TPSA) is 9.86 Å². The van der Waals surface area contributed by atoms with Crippen molar-refractivity contribution in [1.82, 2.24) is 9.13 Å². The summed E-state index contributed by atoms with van der Waals surface area (Å²) in [6.45, 7) is 4.87. The first-order valence-electron chi connectivity index (χ1n) is 21.9. The molecule has 0 saturated carbocycles. The van der Waals surface area contributed by atoms with E-state index >= 15 is 0 Å². The highest BCUT2D eigenvalue weighted by molar-refractivity contribution is 6.15. The Kier molecular flexibility index (Phi) is 7.60. The Morgan fingerprint density at radius 2 is 0.645 bits per heavy atom. The Balaban J connectivity index is 1.06. The van der Waals surface area contributed by atoms with E-state index in [0.29, 0.717) is 11.8 Å². The second kappa shape index (κ2) is 13.4. The fourth-order valence-electron chi connectivity index (χ4n) is 10.7. The first-order chi connectivity index (χ1) is 30.6. The van der Waals surface area contributed by atoms with Crippen LogP contribution in [0.3, 0.4) is 0 Å². The molecule has 0 aliphatic heterocycles. The lowest BCUT2D eigenvalue weighted by molar-refractivity contribution is 0.617. The molecule has 0 spiro atoms. The minimum Gasteiger partial charge on any atom is -0.309 e. The summed E-state index contributed by atoms with van der Waals surface area (Å²) in [5.74, 6) is 0.655. The van der Waals surface area contributed by atoms with E-state index in [1.165, 1.54) is 121 Å². The van der Waals surface area contributed by atoms with Crippen LogP contribution in [0.1, 0.15) is 36.8 Å². The summed E-state index contributed by atoms with van der Waals surface area (Å²) in [5.41, 5.74) is 17.7. The van der Waals surface area contributed by atoms with Gasteiger partial charge in [-0.3, -0.25) is 0 Å². The Labute approximate surface area is 360 Å². The lowest BCUT2D eigenvalue weighted by Crippen LogP contribution is -2.13. The third kappa shape index (κ3) is 5.23. The number of aromatic nitrogens is 2. The molecule has 0 fully saturated rings. The zero-order valence-electron chi connectivity index (χ0n) is 34.7. The average Bonchev–Trinajstić information content (AvgIpc) is 3.83. The molecular weight excluding hydrogens is 749 g/mol. The van der Waals surface area contributed by atoms with Crippen LogP contribution in [0.25, 0.3) is 110 Å². The standard InChI is InChI=1S/C60H42N2/c1-37-38(2)50-34-56-54-32-46(44-24-22-40-14-10-12-16-42(40)30-44)26-28-58(54)62(48-19-7-4-8-20-48)60(56)36-52(50)51-35-59-55(33-49(37)51)53-31-45(43-23-21-39-13-9-11-15-41(39)29-43)25-27-57(53)61(59)47-17-5-3-6-18-47/h3-38H,1-2H3. The summed E-state index contributed by atoms with van der Waals surface area (Å²) in [6.07, 6.45) is 0. The monoisotopic (exact) mass is 790 g/mol. The maximum Gasteiger partial charge on any atom is 0.0547 e. The molecule has 13 rings (SSSR count). The molecule has 0 amide bonds. The van der Waals surface area contributed by atoms with Gasteiger partial charge in [-0.15, -0.1) is 0 Å². The minimum absolute atomic E-state index is 0.328. The van der Waals surface area contributed by atoms with E-state index in [4.69, 9.17) is 0 Å². The van der Waals surface area contributed by atoms with Crippen LogP contribution in [0.4, 0.5) is 0 Å². The average molecular weight is 791 g/mol. The van der Waals surface area contributed by atoms with Gasteiger partial charge in [-0.1, -0.05) is 135 Å². The van der Waals surface area contributed by atoms with Crippen LogP contribution < -0.4 is 0 Å². The molecular formula is C60H42N2. The van der Waals surface area contributed by atoms with Crippen molar-refractivity contribution >= 4 is 65.2 Å². The number of benzene rings is 10. The van der Waals surface area contributed by atoms with Gasteiger partial charge in [0.1, 0.15) is 0 Å². The van der Waals surface area contributed by atoms with Gasteiger partial charge in [-0.25, -0.2) is 0 Å². The van der Waals surface area contributed by atoms with E-state index in [1.54, 1.807) is 0 Å². The van der Waals surface area contributed by atoms with E-state index in [-0.39, 0.29) is 0 Å². The lowest BCUT2D eigenvalue weighted by Gasteiger charge is -2.32. The normalized spacial score (nSPS) is 14.9. The maximum absolute atomic E-state index is 2.54. The summed E-state index contributed by atoms with van der Waals surface area (Å²) in [6, 6.07) is 76.9. The third-order valence-electron chi connectivity index (χ3n) is 14.1. The van der Waals surface area contributed by atoms with Crippen molar-refractivity contribution in [2.24, 2.45) is 0 Å². The molecule has 292 valence electrons. The van der Waals surface area contributed by atoms with Gasteiger partial charge in [0.25, 0.3) is 0 Å². The molecule has 0 saturated heterocycles. The number of rotatable bonds is 4. The number of fused-ring (bicyclic) bond motifs is 11. The zero-order chi connectivity index (χ0) is 41.1. The van der Waals surface area contributed by atoms with Gasteiger partial charge in [-0.05, 0) is 163 Å². The van der Waals surface area contributed by atoms with Crippen molar-refractivity contribution in [3.63, 3.8) is 0 Å². The predicted molar refractivity (Wildman–Crippen MR) is 263 cm³/mol. The van der Waals surface area contributed by atoms with Gasteiger partial charge in [0.05, 0.1) is 22.1 Å². The predicted octanol–water partition coefficient (Wildman–Crippen LogP) is 16.4. The zero-order valence-corrected chi connectivity index (χ0v) is 34.7. The summed E-state index contributed by atoms with van der Waals surface area (Å²) in [5, 5.41) is 10.2. The molecule has 1 aliphatic carbocycles. The van der Waals surface area contributed by atoms with Crippen molar-refractivity contribution in [2.75, 3.05) is 0 Å². The van der Waals surface area contributed by atoms with Crippen molar-refractivity contribution in [1.29, 1.82) is 0 Å². The van der Waals surface area contributed by atoms with Crippen LogP contribution in [-0.4, -0.2) is 9.13 Å². The fraction of sp³-hybridized carbons (Fsp3) is 0.0667. The smallest absolute Gasteiger partial charge is 0.0547 e. The molecule has 10 aromatic carbocycles. The molecule has 62 heavy (non-hydrogen) atoms. The van der Waals surface area contributed by atoms with E-state index in [9.17, 15) is 0 Å². The van der Waals surface area contributed by atoms with Gasteiger partial charge in [0.15, 0.2) is 0 Å². The molecule has 0 N–H and O–H groups in total. The molecule has 2 heteroatoms. The van der Waals surface area contributed by atoms with Crippen molar-refractivity contribution in [3.05, 3.63) is 217 Å². The minimum atomic E-state index is 0.328. The van der Waals surface area contributed by atoms with E-state index in [0.717, 1.165) is 0 Å². The van der Waals surface area contributed by atoms with Crippen molar-refractivity contribution < 1.29 is 0 Å². The number of hydrogen-bond acceptors (Lipinski definition) is 0. The van der Waals surface area contributed by atoms with E-state index < -0.39 is 0 Å². The second-order valence-electron chi connectivity index (χ2n) is 17.4. The van der Waals surface area contributed by atoms with Crippen LogP contribution in [0.5, 0.6) is 0 Å². The lowest BCUT2D eigenvalue weighted by atomic mass is 9.72. The molecule has 2 heterocycles. The van der Waals surface area contributed by atoms with Gasteiger partial charge in [-0.2, -0.15) is 0 Å². The Morgan fingerprint density at radius 3 is 1.08 bits per heavy atom.